The van der Waals surface area contributed by atoms with Gasteiger partial charge in [-0.1, -0.05) is 31.2 Å². The molecule has 0 amide bonds. The molecule has 1 aliphatic rings. The number of rotatable bonds is 4. The summed E-state index contributed by atoms with van der Waals surface area (Å²) in [7, 11) is 0. The van der Waals surface area contributed by atoms with Crippen molar-refractivity contribution in [3.63, 3.8) is 0 Å². The second-order valence-electron chi connectivity index (χ2n) is 2.73. The number of nitrogens with two attached hydrogens (primary N) is 1. The van der Waals surface area contributed by atoms with Crippen LogP contribution in [0.5, 0.6) is 0 Å². The smallest absolute Gasteiger partial charge is 0.0977 e. The highest BCUT2D eigenvalue weighted by Crippen LogP contribution is 2.25. The number of aliphatic imine (C=N–C) groups is 1. The van der Waals surface area contributed by atoms with Gasteiger partial charge in [0.2, 0.25) is 0 Å². The van der Waals surface area contributed by atoms with Crippen molar-refractivity contribution < 1.29 is 0 Å². The zero-order valence-electron chi connectivity index (χ0n) is 7.76. The molecule has 0 fully saturated rings. The molecule has 2 nitrogen and oxygen atoms in total. The van der Waals surface area contributed by atoms with Gasteiger partial charge in [0.1, 0.15) is 0 Å². The summed E-state index contributed by atoms with van der Waals surface area (Å²) in [6, 6.07) is 0. The number of hydrogen-bond donors (Lipinski definition) is 1. The zero-order chi connectivity index (χ0) is 8.97. The normalized spacial score (nSPS) is 15.1. The average molecular weight is 184 g/mol. The molecule has 0 atom stereocenters. The first kappa shape index (κ1) is 9.81. The quantitative estimate of drug-likeness (QED) is 0.727. The van der Waals surface area contributed by atoms with Crippen LogP contribution in [0, 0.1) is 0 Å². The fraction of sp³-hybridized carbons (Fsp3) is 0.667. The molecule has 3 heteroatoms. The Hall–Kier alpha value is -0.280. The van der Waals surface area contributed by atoms with Crippen LogP contribution in [-0.4, -0.2) is 17.5 Å². The molecular weight excluding hydrogens is 168 g/mol. The molecule has 0 aromatic carbocycles. The van der Waals surface area contributed by atoms with Crippen molar-refractivity contribution in [3.05, 3.63) is 11.1 Å². The summed E-state index contributed by atoms with van der Waals surface area (Å²) in [5.41, 5.74) is 8.43. The van der Waals surface area contributed by atoms with Crippen LogP contribution in [0.15, 0.2) is 16.1 Å². The molecule has 0 saturated heterocycles. The Morgan fingerprint density at radius 2 is 2.08 bits per heavy atom. The highest BCUT2D eigenvalue weighted by Gasteiger charge is 2.15. The summed E-state index contributed by atoms with van der Waals surface area (Å²) in [6.45, 7) is 5.00. The minimum absolute atomic E-state index is 0.642. The van der Waals surface area contributed by atoms with Crippen LogP contribution in [0.1, 0.15) is 26.7 Å². The van der Waals surface area contributed by atoms with E-state index in [0.717, 1.165) is 18.7 Å². The van der Waals surface area contributed by atoms with Gasteiger partial charge in [-0.25, -0.2) is 0 Å². The van der Waals surface area contributed by atoms with Crippen LogP contribution in [0.3, 0.4) is 0 Å². The second-order valence-corrected chi connectivity index (χ2v) is 3.66. The minimum atomic E-state index is 0.642. The molecule has 12 heavy (non-hydrogen) atoms. The number of allylic oxidation sites excluding steroid dienone is 1. The Morgan fingerprint density at radius 3 is 2.33 bits per heavy atom. The van der Waals surface area contributed by atoms with E-state index < -0.39 is 0 Å². The molecule has 0 aliphatic carbocycles. The van der Waals surface area contributed by atoms with E-state index in [9.17, 15) is 0 Å². The Balaban J connectivity index is 2.82. The third-order valence-electron chi connectivity index (χ3n) is 2.15. The first-order valence-electron chi connectivity index (χ1n) is 4.42. The van der Waals surface area contributed by atoms with Crippen molar-refractivity contribution in [1.82, 2.24) is 0 Å². The summed E-state index contributed by atoms with van der Waals surface area (Å²) < 4.78 is 0. The maximum atomic E-state index is 5.68. The predicted molar refractivity (Wildman–Crippen MR) is 56.6 cm³/mol. The fourth-order valence-electron chi connectivity index (χ4n) is 1.37. The van der Waals surface area contributed by atoms with Crippen LogP contribution >= 0.6 is 11.8 Å². The van der Waals surface area contributed by atoms with Crippen LogP contribution in [0.4, 0.5) is 0 Å². The lowest BCUT2D eigenvalue weighted by atomic mass is 10.0. The number of thioether (sulfide) groups is 1. The van der Waals surface area contributed by atoms with Gasteiger partial charge in [-0.2, -0.15) is 0 Å². The highest BCUT2D eigenvalue weighted by atomic mass is 32.2. The topological polar surface area (TPSA) is 38.4 Å². The van der Waals surface area contributed by atoms with E-state index >= 15 is 0 Å². The molecule has 0 bridgehead atoms. The lowest BCUT2D eigenvalue weighted by Crippen LogP contribution is -2.17. The molecule has 0 unspecified atom stereocenters. The van der Waals surface area contributed by atoms with E-state index in [1.807, 2.05) is 11.8 Å². The Bertz CT molecular complexity index is 213. The number of hydrogen-bond acceptors (Lipinski definition) is 3. The molecule has 1 heterocycles. The van der Waals surface area contributed by atoms with Crippen molar-refractivity contribution in [1.29, 1.82) is 0 Å². The van der Waals surface area contributed by atoms with E-state index in [0.29, 0.717) is 6.54 Å². The standard InChI is InChI=1S/C9H16N2S/c1-3-7(4-2)8(5-10)9-11-6-12-9/h3-6,10H2,1-2H3. The summed E-state index contributed by atoms with van der Waals surface area (Å²) >= 11 is 1.81. The summed E-state index contributed by atoms with van der Waals surface area (Å²) in [5, 5.41) is 1.18. The lowest BCUT2D eigenvalue weighted by Gasteiger charge is -2.18. The summed E-state index contributed by atoms with van der Waals surface area (Å²) in [5.74, 6) is 0.916. The minimum Gasteiger partial charge on any atom is -0.326 e. The predicted octanol–water partition coefficient (Wildman–Crippen LogP) is 2.16. The maximum absolute atomic E-state index is 5.68. The number of nitrogens with zero attached hydrogens (tertiary/aromatic N) is 1. The Kier molecular flexibility index (Phi) is 3.82. The van der Waals surface area contributed by atoms with Gasteiger partial charge in [-0.05, 0) is 18.4 Å². The Labute approximate surface area is 78.3 Å². The zero-order valence-corrected chi connectivity index (χ0v) is 8.58. The first-order valence-corrected chi connectivity index (χ1v) is 5.40. The van der Waals surface area contributed by atoms with E-state index in [-0.39, 0.29) is 0 Å². The van der Waals surface area contributed by atoms with Crippen molar-refractivity contribution in [2.24, 2.45) is 10.7 Å². The van der Waals surface area contributed by atoms with Crippen LogP contribution in [0.25, 0.3) is 0 Å². The SMILES string of the molecule is CCC(CC)=C(CN)C1=NCS1. The van der Waals surface area contributed by atoms with Gasteiger partial charge in [-0.15, -0.1) is 0 Å². The summed E-state index contributed by atoms with van der Waals surface area (Å²) in [6.07, 6.45) is 2.20. The van der Waals surface area contributed by atoms with Crippen molar-refractivity contribution in [2.45, 2.75) is 26.7 Å². The van der Waals surface area contributed by atoms with Gasteiger partial charge in [0, 0.05) is 6.54 Å². The highest BCUT2D eigenvalue weighted by molar-refractivity contribution is 8.15. The maximum Gasteiger partial charge on any atom is 0.0977 e. The van der Waals surface area contributed by atoms with Crippen LogP contribution < -0.4 is 5.73 Å². The lowest BCUT2D eigenvalue weighted by molar-refractivity contribution is 0.946. The molecule has 1 rings (SSSR count). The molecule has 0 aromatic rings. The molecule has 68 valence electrons. The molecule has 0 radical (unpaired) electrons. The van der Waals surface area contributed by atoms with E-state index in [2.05, 4.69) is 18.8 Å². The van der Waals surface area contributed by atoms with Gasteiger partial charge in [0.25, 0.3) is 0 Å². The summed E-state index contributed by atoms with van der Waals surface area (Å²) in [4.78, 5) is 4.30. The van der Waals surface area contributed by atoms with E-state index in [1.165, 1.54) is 16.2 Å². The van der Waals surface area contributed by atoms with Gasteiger partial charge in [-0.3, -0.25) is 4.99 Å². The second kappa shape index (κ2) is 4.67. The molecule has 0 spiro atoms. The van der Waals surface area contributed by atoms with Gasteiger partial charge in [0.05, 0.1) is 10.9 Å². The molecule has 2 N–H and O–H groups in total. The van der Waals surface area contributed by atoms with Crippen molar-refractivity contribution >= 4 is 16.8 Å². The fourth-order valence-corrected chi connectivity index (χ4v) is 2.03. The largest absolute Gasteiger partial charge is 0.326 e. The molecule has 0 saturated carbocycles. The Morgan fingerprint density at radius 1 is 1.50 bits per heavy atom. The van der Waals surface area contributed by atoms with Crippen LogP contribution in [-0.2, 0) is 0 Å². The van der Waals surface area contributed by atoms with Gasteiger partial charge >= 0.3 is 0 Å². The molecular formula is C9H16N2S. The third kappa shape index (κ3) is 1.90. The van der Waals surface area contributed by atoms with E-state index in [1.54, 1.807) is 0 Å². The monoisotopic (exact) mass is 184 g/mol. The molecule has 0 aromatic heterocycles. The van der Waals surface area contributed by atoms with Crippen molar-refractivity contribution in [2.75, 3.05) is 12.4 Å². The van der Waals surface area contributed by atoms with Crippen LogP contribution in [0.2, 0.25) is 0 Å². The van der Waals surface area contributed by atoms with Crippen molar-refractivity contribution in [3.8, 4) is 0 Å². The third-order valence-corrected chi connectivity index (χ3v) is 3.06. The molecule has 1 aliphatic heterocycles. The van der Waals surface area contributed by atoms with Gasteiger partial charge in [0.15, 0.2) is 0 Å². The van der Waals surface area contributed by atoms with Gasteiger partial charge < -0.3 is 5.73 Å². The first-order chi connectivity index (χ1) is 5.83. The average Bonchev–Trinajstić information content (AvgIpc) is 2.01. The van der Waals surface area contributed by atoms with E-state index in [4.69, 9.17) is 5.73 Å².